The van der Waals surface area contributed by atoms with Gasteiger partial charge in [0.25, 0.3) is 0 Å². The van der Waals surface area contributed by atoms with Crippen molar-refractivity contribution < 1.29 is 20.3 Å². The Morgan fingerprint density at radius 1 is 1.12 bits per heavy atom. The summed E-state index contributed by atoms with van der Waals surface area (Å²) >= 11 is 0. The molecule has 0 heterocycles. The molecule has 0 amide bonds. The molecular formula is C18H15N3O4. The Bertz CT molecular complexity index is 912. The van der Waals surface area contributed by atoms with Crippen LogP contribution in [0.25, 0.3) is 5.76 Å². The Morgan fingerprint density at radius 3 is 2.36 bits per heavy atom. The summed E-state index contributed by atoms with van der Waals surface area (Å²) in [6.07, 6.45) is 1.45. The highest BCUT2D eigenvalue weighted by Crippen LogP contribution is 2.32. The lowest BCUT2D eigenvalue weighted by atomic mass is 10.1. The molecule has 7 nitrogen and oxygen atoms in total. The molecular weight excluding hydrogens is 322 g/mol. The first-order valence-corrected chi connectivity index (χ1v) is 7.47. The second-order valence-corrected chi connectivity index (χ2v) is 5.45. The number of aliphatic hydroxyl groups excluding tert-OH is 1. The van der Waals surface area contributed by atoms with Crippen molar-refractivity contribution in [1.29, 1.82) is 0 Å². The number of benzene rings is 2. The first-order valence-electron chi connectivity index (χ1n) is 7.47. The number of fused-ring (bicyclic) bond motifs is 1. The lowest BCUT2D eigenvalue weighted by molar-refractivity contribution is -0.991. The number of hydrogen-bond acceptors (Lipinski definition) is 6. The van der Waals surface area contributed by atoms with Crippen LogP contribution >= 0.6 is 0 Å². The van der Waals surface area contributed by atoms with Crippen LogP contribution in [-0.2, 0) is 4.79 Å². The van der Waals surface area contributed by atoms with E-state index in [1.165, 1.54) is 25.3 Å². The minimum Gasteiger partial charge on any atom is -0.595 e. The van der Waals surface area contributed by atoms with Gasteiger partial charge in [-0.2, -0.15) is 10.3 Å². The zero-order valence-corrected chi connectivity index (χ0v) is 13.3. The number of carbonyl (C=O) groups excluding carboxylic acids is 1. The summed E-state index contributed by atoms with van der Waals surface area (Å²) in [5.74, 6) is -0.392. The van der Waals surface area contributed by atoms with E-state index < -0.39 is 5.23 Å². The van der Waals surface area contributed by atoms with Gasteiger partial charge in [-0.1, -0.05) is 24.3 Å². The predicted molar refractivity (Wildman–Crippen MR) is 93.0 cm³/mol. The van der Waals surface area contributed by atoms with Crippen molar-refractivity contribution in [1.82, 2.24) is 0 Å². The van der Waals surface area contributed by atoms with E-state index in [-0.39, 0.29) is 22.8 Å². The van der Waals surface area contributed by atoms with E-state index in [0.29, 0.717) is 22.4 Å². The van der Waals surface area contributed by atoms with Crippen LogP contribution in [0.3, 0.4) is 0 Å². The number of carbonyl (C=O) groups is 1. The number of nitrogens with one attached hydrogen (secondary N) is 1. The molecule has 3 rings (SSSR count). The minimum atomic E-state index is -1.00. The highest BCUT2D eigenvalue weighted by molar-refractivity contribution is 6.35. The molecule has 0 fully saturated rings. The van der Waals surface area contributed by atoms with Crippen molar-refractivity contribution in [3.63, 3.8) is 0 Å². The molecule has 2 aromatic carbocycles. The Balaban J connectivity index is 1.93. The SMILES string of the molecule is CC(=O)C1=C(O)c2ccccc2C1=NN=Cc1ccc([NH+]([O-])O)cc1. The zero-order valence-electron chi connectivity index (χ0n) is 13.3. The Hall–Kier alpha value is -3.13. The van der Waals surface area contributed by atoms with Crippen molar-refractivity contribution in [2.75, 3.05) is 0 Å². The lowest BCUT2D eigenvalue weighted by Gasteiger charge is -2.10. The number of ketones is 1. The van der Waals surface area contributed by atoms with Gasteiger partial charge in [0.1, 0.15) is 11.5 Å². The zero-order chi connectivity index (χ0) is 18.0. The van der Waals surface area contributed by atoms with Crippen molar-refractivity contribution in [2.24, 2.45) is 10.2 Å². The summed E-state index contributed by atoms with van der Waals surface area (Å²) in [7, 11) is 0. The standard InChI is InChI=1S/C18H15N3O4/c1-11(22)16-17(14-4-2-3-5-15(14)18(16)23)20-19-10-12-6-8-13(9-7-12)21(24)25/h2-10,21,23-24H,1H3. The van der Waals surface area contributed by atoms with Gasteiger partial charge in [0, 0.05) is 23.3 Å². The number of quaternary nitrogens is 1. The molecule has 126 valence electrons. The maximum absolute atomic E-state index is 11.9. The van der Waals surface area contributed by atoms with Gasteiger partial charge < -0.3 is 10.3 Å². The van der Waals surface area contributed by atoms with E-state index >= 15 is 0 Å². The largest absolute Gasteiger partial charge is 0.595 e. The first-order chi connectivity index (χ1) is 12.0. The van der Waals surface area contributed by atoms with Crippen LogP contribution < -0.4 is 5.23 Å². The fourth-order valence-corrected chi connectivity index (χ4v) is 2.58. The minimum absolute atomic E-state index is 0.0946. The fourth-order valence-electron chi connectivity index (χ4n) is 2.58. The third-order valence-corrected chi connectivity index (χ3v) is 3.79. The predicted octanol–water partition coefficient (Wildman–Crippen LogP) is 1.78. The van der Waals surface area contributed by atoms with E-state index in [1.54, 1.807) is 36.4 Å². The first kappa shape index (κ1) is 16.7. The second kappa shape index (κ2) is 6.78. The molecule has 0 aromatic heterocycles. The van der Waals surface area contributed by atoms with Gasteiger partial charge in [0.15, 0.2) is 11.5 Å². The van der Waals surface area contributed by atoms with Gasteiger partial charge in [-0.05, 0) is 24.6 Å². The number of Topliss-reactive ketones (excluding diaryl/α,β-unsaturated/α-hetero) is 1. The van der Waals surface area contributed by atoms with Crippen molar-refractivity contribution >= 4 is 29.2 Å². The summed E-state index contributed by atoms with van der Waals surface area (Å²) in [5.41, 5.74) is 2.49. The summed E-state index contributed by atoms with van der Waals surface area (Å²) in [5, 5.41) is 37.0. The molecule has 3 N–H and O–H groups in total. The van der Waals surface area contributed by atoms with Crippen LogP contribution in [0.5, 0.6) is 0 Å². The van der Waals surface area contributed by atoms with Gasteiger partial charge in [0.2, 0.25) is 0 Å². The Kier molecular flexibility index (Phi) is 4.53. The molecule has 1 unspecified atom stereocenters. The summed E-state index contributed by atoms with van der Waals surface area (Å²) < 4.78 is 0. The average Bonchev–Trinajstić information content (AvgIpc) is 2.88. The summed E-state index contributed by atoms with van der Waals surface area (Å²) in [4.78, 5) is 11.9. The van der Waals surface area contributed by atoms with Gasteiger partial charge >= 0.3 is 0 Å². The number of rotatable bonds is 4. The van der Waals surface area contributed by atoms with Crippen molar-refractivity contribution in [3.05, 3.63) is 76.0 Å². The molecule has 0 saturated carbocycles. The molecule has 0 radical (unpaired) electrons. The van der Waals surface area contributed by atoms with Crippen LogP contribution in [0, 0.1) is 5.21 Å². The smallest absolute Gasteiger partial charge is 0.165 e. The van der Waals surface area contributed by atoms with Gasteiger partial charge in [0.05, 0.1) is 11.8 Å². The van der Waals surface area contributed by atoms with Crippen LogP contribution in [0.4, 0.5) is 5.69 Å². The number of nitrogens with zero attached hydrogens (tertiary/aromatic N) is 2. The van der Waals surface area contributed by atoms with Gasteiger partial charge in [-0.15, -0.1) is 5.10 Å². The third-order valence-electron chi connectivity index (χ3n) is 3.79. The molecule has 1 aliphatic rings. The van der Waals surface area contributed by atoms with Crippen molar-refractivity contribution in [3.8, 4) is 0 Å². The van der Waals surface area contributed by atoms with Crippen LogP contribution in [0.1, 0.15) is 23.6 Å². The Morgan fingerprint density at radius 2 is 1.76 bits per heavy atom. The normalized spacial score (nSPS) is 16.5. The van der Waals surface area contributed by atoms with E-state index in [0.717, 1.165) is 0 Å². The molecule has 0 aliphatic heterocycles. The maximum Gasteiger partial charge on any atom is 0.165 e. The van der Waals surface area contributed by atoms with Crippen molar-refractivity contribution in [2.45, 2.75) is 6.92 Å². The van der Waals surface area contributed by atoms with E-state index in [4.69, 9.17) is 5.21 Å². The molecule has 0 saturated heterocycles. The number of allylic oxidation sites excluding steroid dienone is 1. The molecule has 1 aliphatic carbocycles. The summed E-state index contributed by atoms with van der Waals surface area (Å²) in [6.45, 7) is 1.36. The molecule has 7 heteroatoms. The second-order valence-electron chi connectivity index (χ2n) is 5.45. The highest BCUT2D eigenvalue weighted by Gasteiger charge is 2.30. The average molecular weight is 337 g/mol. The number of hydrogen-bond donors (Lipinski definition) is 3. The highest BCUT2D eigenvalue weighted by atomic mass is 16.8. The molecule has 0 bridgehead atoms. The lowest BCUT2D eigenvalue weighted by Crippen LogP contribution is -2.99. The monoisotopic (exact) mass is 337 g/mol. The molecule has 25 heavy (non-hydrogen) atoms. The third kappa shape index (κ3) is 3.24. The number of aliphatic hydroxyl groups is 1. The van der Waals surface area contributed by atoms with Gasteiger partial charge in [-0.3, -0.25) is 4.79 Å². The van der Waals surface area contributed by atoms with E-state index in [1.807, 2.05) is 0 Å². The van der Waals surface area contributed by atoms with Crippen LogP contribution in [0.15, 0.2) is 64.3 Å². The van der Waals surface area contributed by atoms with Gasteiger partial charge in [-0.25, -0.2) is 5.21 Å². The fraction of sp³-hybridized carbons (Fsp3) is 0.0556. The molecule has 2 aromatic rings. The topological polar surface area (TPSA) is 110 Å². The molecule has 1 atom stereocenters. The summed E-state index contributed by atoms with van der Waals surface area (Å²) in [6, 6.07) is 13.2. The van der Waals surface area contributed by atoms with E-state index in [9.17, 15) is 15.1 Å². The quantitative estimate of drug-likeness (QED) is 0.583. The van der Waals surface area contributed by atoms with Crippen LogP contribution in [0.2, 0.25) is 0 Å². The maximum atomic E-state index is 11.9. The van der Waals surface area contributed by atoms with E-state index in [2.05, 4.69) is 10.2 Å². The van der Waals surface area contributed by atoms with Crippen LogP contribution in [-0.4, -0.2) is 28.0 Å². The molecule has 0 spiro atoms. The Labute approximate surface area is 143 Å².